The average Bonchev–Trinajstić information content (AvgIpc) is 3.39. The van der Waals surface area contributed by atoms with E-state index in [1.165, 1.54) is 0 Å². The molecule has 3 aromatic heterocycles. The first-order valence-electron chi connectivity index (χ1n) is 9.17. The number of anilines is 1. The van der Waals surface area contributed by atoms with Crippen molar-refractivity contribution >= 4 is 17.5 Å². The zero-order valence-electron chi connectivity index (χ0n) is 16.4. The molecule has 0 unspecified atom stereocenters. The number of carbonyl (C=O) groups is 2. The number of rotatable bonds is 7. The quantitative estimate of drug-likeness (QED) is 0.651. The fourth-order valence-electron chi connectivity index (χ4n) is 3.03. The molecule has 2 N–H and O–H groups in total. The van der Waals surface area contributed by atoms with Gasteiger partial charge in [-0.05, 0) is 39.8 Å². The molecule has 0 saturated heterocycles. The zero-order valence-corrected chi connectivity index (χ0v) is 16.4. The lowest BCUT2D eigenvalue weighted by Crippen LogP contribution is -2.25. The van der Waals surface area contributed by atoms with Gasteiger partial charge in [0.15, 0.2) is 5.69 Å². The van der Waals surface area contributed by atoms with Crippen molar-refractivity contribution in [2.75, 3.05) is 5.32 Å². The van der Waals surface area contributed by atoms with Gasteiger partial charge in [-0.3, -0.25) is 19.0 Å². The molecule has 28 heavy (non-hydrogen) atoms. The molecule has 0 aliphatic heterocycles. The van der Waals surface area contributed by atoms with E-state index in [4.69, 9.17) is 4.42 Å². The molecule has 0 saturated carbocycles. The molecular formula is C19H24N6O3. The van der Waals surface area contributed by atoms with Crippen LogP contribution in [0, 0.1) is 13.8 Å². The molecule has 3 rings (SSSR count). The van der Waals surface area contributed by atoms with Crippen LogP contribution >= 0.6 is 0 Å². The topological polar surface area (TPSA) is 107 Å². The molecule has 0 radical (unpaired) electrons. The lowest BCUT2D eigenvalue weighted by Gasteiger charge is -2.06. The molecule has 9 heteroatoms. The second-order valence-electron chi connectivity index (χ2n) is 6.32. The van der Waals surface area contributed by atoms with Gasteiger partial charge in [0.1, 0.15) is 5.76 Å². The largest absolute Gasteiger partial charge is 0.467 e. The van der Waals surface area contributed by atoms with Gasteiger partial charge in [0.25, 0.3) is 11.8 Å². The van der Waals surface area contributed by atoms with Crippen LogP contribution in [0.25, 0.3) is 0 Å². The predicted molar refractivity (Wildman–Crippen MR) is 103 cm³/mol. The van der Waals surface area contributed by atoms with Crippen molar-refractivity contribution in [1.29, 1.82) is 0 Å². The minimum Gasteiger partial charge on any atom is -0.467 e. The summed E-state index contributed by atoms with van der Waals surface area (Å²) in [4.78, 5) is 25.4. The van der Waals surface area contributed by atoms with Gasteiger partial charge in [0.2, 0.25) is 0 Å². The van der Waals surface area contributed by atoms with Crippen molar-refractivity contribution in [3.63, 3.8) is 0 Å². The zero-order chi connectivity index (χ0) is 20.3. The number of aromatic nitrogens is 4. The number of nitrogens with one attached hydrogen (secondary N) is 2. The van der Waals surface area contributed by atoms with E-state index in [0.717, 1.165) is 5.69 Å². The Kier molecular flexibility index (Phi) is 5.62. The number of furan rings is 1. The summed E-state index contributed by atoms with van der Waals surface area (Å²) in [5.74, 6) is -0.0749. The van der Waals surface area contributed by atoms with Crippen LogP contribution < -0.4 is 10.6 Å². The van der Waals surface area contributed by atoms with Crippen LogP contribution in [-0.2, 0) is 19.6 Å². The molecule has 3 aromatic rings. The van der Waals surface area contributed by atoms with Crippen molar-refractivity contribution in [2.45, 2.75) is 47.3 Å². The van der Waals surface area contributed by atoms with E-state index < -0.39 is 5.91 Å². The third-order valence-corrected chi connectivity index (χ3v) is 4.46. The number of aryl methyl sites for hydroxylation is 3. The van der Waals surface area contributed by atoms with Gasteiger partial charge < -0.3 is 15.1 Å². The van der Waals surface area contributed by atoms with Gasteiger partial charge in [-0.2, -0.15) is 10.2 Å². The van der Waals surface area contributed by atoms with Gasteiger partial charge in [-0.15, -0.1) is 0 Å². The second kappa shape index (κ2) is 8.12. The fourth-order valence-corrected chi connectivity index (χ4v) is 3.03. The van der Waals surface area contributed by atoms with Gasteiger partial charge in [0, 0.05) is 25.0 Å². The van der Waals surface area contributed by atoms with E-state index in [1.807, 2.05) is 20.8 Å². The fraction of sp³-hybridized carbons (Fsp3) is 0.368. The van der Waals surface area contributed by atoms with Crippen LogP contribution in [0.15, 0.2) is 29.0 Å². The van der Waals surface area contributed by atoms with Crippen molar-refractivity contribution < 1.29 is 14.0 Å². The maximum atomic E-state index is 12.9. The summed E-state index contributed by atoms with van der Waals surface area (Å²) in [5.41, 5.74) is 2.44. The molecule has 0 aromatic carbocycles. The van der Waals surface area contributed by atoms with E-state index >= 15 is 0 Å². The summed E-state index contributed by atoms with van der Waals surface area (Å²) in [7, 11) is 0. The minimum absolute atomic E-state index is 0.153. The van der Waals surface area contributed by atoms with E-state index in [-0.39, 0.29) is 18.1 Å². The van der Waals surface area contributed by atoms with Crippen molar-refractivity contribution in [3.8, 4) is 0 Å². The Morgan fingerprint density at radius 3 is 2.54 bits per heavy atom. The van der Waals surface area contributed by atoms with Gasteiger partial charge >= 0.3 is 0 Å². The van der Waals surface area contributed by atoms with Crippen LogP contribution in [0.5, 0.6) is 0 Å². The summed E-state index contributed by atoms with van der Waals surface area (Å²) < 4.78 is 8.60. The van der Waals surface area contributed by atoms with Crippen molar-refractivity contribution in [2.24, 2.45) is 0 Å². The Balaban J connectivity index is 1.81. The third-order valence-electron chi connectivity index (χ3n) is 4.46. The predicted octanol–water partition coefficient (Wildman–Crippen LogP) is 2.51. The Morgan fingerprint density at radius 1 is 1.14 bits per heavy atom. The van der Waals surface area contributed by atoms with Crippen LogP contribution in [0.3, 0.4) is 0 Å². The molecule has 0 fully saturated rings. The summed E-state index contributed by atoms with van der Waals surface area (Å²) >= 11 is 0. The molecule has 0 aliphatic carbocycles. The van der Waals surface area contributed by atoms with E-state index in [9.17, 15) is 9.59 Å². The number of hydrogen-bond acceptors (Lipinski definition) is 5. The smallest absolute Gasteiger partial charge is 0.274 e. The summed E-state index contributed by atoms with van der Waals surface area (Å²) in [6, 6.07) is 3.52. The number of hydrogen-bond donors (Lipinski definition) is 2. The lowest BCUT2D eigenvalue weighted by atomic mass is 10.2. The van der Waals surface area contributed by atoms with Crippen LogP contribution in [-0.4, -0.2) is 31.4 Å². The standard InChI is InChI=1S/C19H24N6O3/c1-5-24-11-15(17(23-24)19(27)20-10-14-8-7-9-28-14)21-18(26)16-12(3)22-25(6-2)13(16)4/h7-9,11H,5-6,10H2,1-4H3,(H,20,27)(H,21,26). The highest BCUT2D eigenvalue weighted by molar-refractivity contribution is 6.09. The van der Waals surface area contributed by atoms with E-state index in [2.05, 4.69) is 20.8 Å². The van der Waals surface area contributed by atoms with Gasteiger partial charge in [0.05, 0.1) is 29.8 Å². The highest BCUT2D eigenvalue weighted by Crippen LogP contribution is 2.19. The molecule has 2 amide bonds. The summed E-state index contributed by atoms with van der Waals surface area (Å²) in [5, 5.41) is 14.2. The molecule has 0 aliphatic rings. The highest BCUT2D eigenvalue weighted by Gasteiger charge is 2.23. The molecule has 9 nitrogen and oxygen atoms in total. The van der Waals surface area contributed by atoms with Gasteiger partial charge in [-0.25, -0.2) is 0 Å². The SMILES string of the molecule is CCn1cc(NC(=O)c2c(C)nn(CC)c2C)c(C(=O)NCc2ccco2)n1. The van der Waals surface area contributed by atoms with E-state index in [0.29, 0.717) is 35.8 Å². The number of amides is 2. The molecule has 0 atom stereocenters. The highest BCUT2D eigenvalue weighted by atomic mass is 16.3. The maximum Gasteiger partial charge on any atom is 0.274 e. The van der Waals surface area contributed by atoms with Crippen LogP contribution in [0.4, 0.5) is 5.69 Å². The first kappa shape index (κ1) is 19.4. The molecular weight excluding hydrogens is 360 g/mol. The number of carbonyl (C=O) groups excluding carboxylic acids is 2. The Morgan fingerprint density at radius 2 is 1.93 bits per heavy atom. The van der Waals surface area contributed by atoms with Gasteiger partial charge in [-0.1, -0.05) is 0 Å². The Bertz CT molecular complexity index is 984. The Labute approximate surface area is 162 Å². The first-order valence-corrected chi connectivity index (χ1v) is 9.17. The lowest BCUT2D eigenvalue weighted by molar-refractivity contribution is 0.0943. The normalized spacial score (nSPS) is 10.9. The third kappa shape index (κ3) is 3.83. The molecule has 0 bridgehead atoms. The minimum atomic E-state index is -0.392. The van der Waals surface area contributed by atoms with E-state index in [1.54, 1.807) is 40.9 Å². The molecule has 0 spiro atoms. The maximum absolute atomic E-state index is 12.9. The van der Waals surface area contributed by atoms with Crippen LogP contribution in [0.1, 0.15) is 51.8 Å². The molecule has 148 valence electrons. The van der Waals surface area contributed by atoms with Crippen molar-refractivity contribution in [1.82, 2.24) is 24.9 Å². The van der Waals surface area contributed by atoms with Crippen LogP contribution in [0.2, 0.25) is 0 Å². The first-order chi connectivity index (χ1) is 13.4. The summed E-state index contributed by atoms with van der Waals surface area (Å²) in [6.07, 6.45) is 3.19. The molecule has 3 heterocycles. The summed E-state index contributed by atoms with van der Waals surface area (Å²) in [6.45, 7) is 9.00. The number of nitrogens with zero attached hydrogens (tertiary/aromatic N) is 4. The Hall–Kier alpha value is -3.36. The average molecular weight is 384 g/mol. The second-order valence-corrected chi connectivity index (χ2v) is 6.32. The van der Waals surface area contributed by atoms with Crippen molar-refractivity contribution in [3.05, 3.63) is 53.0 Å². The monoisotopic (exact) mass is 384 g/mol.